The Kier molecular flexibility index (Phi) is 2.30. The summed E-state index contributed by atoms with van der Waals surface area (Å²) in [5.74, 6) is 0.169. The van der Waals surface area contributed by atoms with Gasteiger partial charge in [-0.05, 0) is 34.1 Å². The summed E-state index contributed by atoms with van der Waals surface area (Å²) in [6.45, 7) is 0.805. The van der Waals surface area contributed by atoms with E-state index in [0.717, 1.165) is 16.7 Å². The fraction of sp³-hybridized carbons (Fsp3) is 0.222. The third-order valence-corrected chi connectivity index (χ3v) is 2.92. The predicted octanol–water partition coefficient (Wildman–Crippen LogP) is 2.84. The van der Waals surface area contributed by atoms with Crippen LogP contribution in [0.2, 0.25) is 5.02 Å². The second kappa shape index (κ2) is 3.31. The number of β-lactam (4-membered cyclic amide) rings is 1. The van der Waals surface area contributed by atoms with E-state index in [9.17, 15) is 4.79 Å². The van der Waals surface area contributed by atoms with Gasteiger partial charge in [-0.1, -0.05) is 11.6 Å². The fourth-order valence-electron chi connectivity index (χ4n) is 1.27. The molecule has 0 radical (unpaired) electrons. The molecule has 2 nitrogen and oxygen atoms in total. The zero-order valence-corrected chi connectivity index (χ0v) is 9.10. The van der Waals surface area contributed by atoms with Crippen LogP contribution in [0.1, 0.15) is 6.42 Å². The Morgan fingerprint density at radius 2 is 2.23 bits per heavy atom. The van der Waals surface area contributed by atoms with Gasteiger partial charge in [-0.2, -0.15) is 0 Å². The van der Waals surface area contributed by atoms with E-state index in [2.05, 4.69) is 15.9 Å². The van der Waals surface area contributed by atoms with Crippen molar-refractivity contribution in [1.82, 2.24) is 0 Å². The first-order chi connectivity index (χ1) is 6.18. The maximum atomic E-state index is 11.1. The minimum absolute atomic E-state index is 0.169. The minimum atomic E-state index is 0.169. The number of nitrogens with zero attached hydrogens (tertiary/aromatic N) is 1. The molecule has 0 saturated carbocycles. The molecule has 13 heavy (non-hydrogen) atoms. The molecule has 0 aliphatic carbocycles. The normalized spacial score (nSPS) is 15.8. The van der Waals surface area contributed by atoms with Gasteiger partial charge in [0.15, 0.2) is 0 Å². The molecule has 4 heteroatoms. The summed E-state index contributed by atoms with van der Waals surface area (Å²) in [5.41, 5.74) is 0.903. The number of benzene rings is 1. The van der Waals surface area contributed by atoms with E-state index in [0.29, 0.717) is 11.4 Å². The van der Waals surface area contributed by atoms with E-state index >= 15 is 0 Å². The first-order valence-electron chi connectivity index (χ1n) is 3.94. The van der Waals surface area contributed by atoms with Crippen LogP contribution in [0.15, 0.2) is 22.7 Å². The number of halogens is 2. The lowest BCUT2D eigenvalue weighted by molar-refractivity contribution is -0.122. The molecule has 1 aliphatic heterocycles. The highest BCUT2D eigenvalue weighted by atomic mass is 79.9. The van der Waals surface area contributed by atoms with Crippen molar-refractivity contribution >= 4 is 39.1 Å². The quantitative estimate of drug-likeness (QED) is 0.711. The van der Waals surface area contributed by atoms with Gasteiger partial charge in [0.1, 0.15) is 0 Å². The van der Waals surface area contributed by atoms with Crippen molar-refractivity contribution in [2.75, 3.05) is 11.4 Å². The number of carbonyl (C=O) groups excluding carboxylic acids is 1. The fourth-order valence-corrected chi connectivity index (χ4v) is 2.17. The van der Waals surface area contributed by atoms with Crippen LogP contribution in [0.3, 0.4) is 0 Å². The maximum absolute atomic E-state index is 11.1. The van der Waals surface area contributed by atoms with Crippen molar-refractivity contribution in [3.05, 3.63) is 27.7 Å². The van der Waals surface area contributed by atoms with E-state index in [1.54, 1.807) is 17.0 Å². The SMILES string of the molecule is O=C1CCN1c1ccc(Cl)cc1Br. The molecule has 0 unspecified atom stereocenters. The Morgan fingerprint density at radius 1 is 1.46 bits per heavy atom. The molecule has 2 rings (SSSR count). The molecule has 1 aromatic carbocycles. The Balaban J connectivity index is 2.35. The van der Waals surface area contributed by atoms with E-state index in [4.69, 9.17) is 11.6 Å². The van der Waals surface area contributed by atoms with Crippen molar-refractivity contribution in [1.29, 1.82) is 0 Å². The third kappa shape index (κ3) is 1.58. The molecule has 0 N–H and O–H groups in total. The van der Waals surface area contributed by atoms with Crippen molar-refractivity contribution < 1.29 is 4.79 Å². The molecule has 1 saturated heterocycles. The predicted molar refractivity (Wildman–Crippen MR) is 56.1 cm³/mol. The third-order valence-electron chi connectivity index (χ3n) is 2.05. The lowest BCUT2D eigenvalue weighted by Gasteiger charge is -2.31. The first kappa shape index (κ1) is 9.03. The topological polar surface area (TPSA) is 20.3 Å². The number of hydrogen-bond acceptors (Lipinski definition) is 1. The molecule has 1 heterocycles. The Morgan fingerprint density at radius 3 is 2.69 bits per heavy atom. The highest BCUT2D eigenvalue weighted by Gasteiger charge is 2.26. The van der Waals surface area contributed by atoms with Crippen LogP contribution in [0.5, 0.6) is 0 Å². The van der Waals surface area contributed by atoms with Crippen LogP contribution < -0.4 is 4.90 Å². The average molecular weight is 261 g/mol. The number of hydrogen-bond donors (Lipinski definition) is 0. The largest absolute Gasteiger partial charge is 0.311 e. The molecular formula is C9H7BrClNO. The minimum Gasteiger partial charge on any atom is -0.311 e. The first-order valence-corrected chi connectivity index (χ1v) is 5.11. The van der Waals surface area contributed by atoms with Crippen LogP contribution in [0, 0.1) is 0 Å². The van der Waals surface area contributed by atoms with Crippen LogP contribution in [0.25, 0.3) is 0 Å². The van der Waals surface area contributed by atoms with Gasteiger partial charge in [0, 0.05) is 22.5 Å². The summed E-state index contributed by atoms with van der Waals surface area (Å²) in [6.07, 6.45) is 0.648. The zero-order valence-electron chi connectivity index (χ0n) is 6.76. The maximum Gasteiger partial charge on any atom is 0.228 e. The summed E-state index contributed by atoms with van der Waals surface area (Å²) in [5, 5.41) is 0.670. The molecule has 68 valence electrons. The molecule has 0 aromatic heterocycles. The summed E-state index contributed by atoms with van der Waals surface area (Å²) < 4.78 is 0.869. The van der Waals surface area contributed by atoms with Gasteiger partial charge in [-0.25, -0.2) is 0 Å². The second-order valence-corrected chi connectivity index (χ2v) is 4.18. The van der Waals surface area contributed by atoms with E-state index in [-0.39, 0.29) is 5.91 Å². The molecule has 1 aromatic rings. The van der Waals surface area contributed by atoms with Gasteiger partial charge in [0.2, 0.25) is 5.91 Å². The number of carbonyl (C=O) groups is 1. The van der Waals surface area contributed by atoms with E-state index < -0.39 is 0 Å². The van der Waals surface area contributed by atoms with Crippen LogP contribution in [0.4, 0.5) is 5.69 Å². The van der Waals surface area contributed by atoms with Gasteiger partial charge in [0.25, 0.3) is 0 Å². The van der Waals surface area contributed by atoms with Crippen LogP contribution in [-0.4, -0.2) is 12.5 Å². The summed E-state index contributed by atoms with van der Waals surface area (Å²) in [7, 11) is 0. The smallest absolute Gasteiger partial charge is 0.228 e. The number of anilines is 1. The Hall–Kier alpha value is -0.540. The van der Waals surface area contributed by atoms with Gasteiger partial charge >= 0.3 is 0 Å². The summed E-state index contributed by atoms with van der Waals surface area (Å²) in [4.78, 5) is 12.9. The average Bonchev–Trinajstić information content (AvgIpc) is 2.07. The van der Waals surface area contributed by atoms with Crippen molar-refractivity contribution in [3.63, 3.8) is 0 Å². The number of rotatable bonds is 1. The van der Waals surface area contributed by atoms with Crippen molar-refractivity contribution in [2.45, 2.75) is 6.42 Å². The lowest BCUT2D eigenvalue weighted by Crippen LogP contribution is -2.43. The molecule has 0 atom stereocenters. The Bertz CT molecular complexity index is 367. The lowest BCUT2D eigenvalue weighted by atomic mass is 10.1. The summed E-state index contributed by atoms with van der Waals surface area (Å²) >= 11 is 9.16. The Labute approximate surface area is 89.6 Å². The summed E-state index contributed by atoms with van der Waals surface area (Å²) in [6, 6.07) is 5.43. The van der Waals surface area contributed by atoms with Crippen LogP contribution in [-0.2, 0) is 4.79 Å². The van der Waals surface area contributed by atoms with Crippen LogP contribution >= 0.6 is 27.5 Å². The zero-order chi connectivity index (χ0) is 9.42. The standard InChI is InChI=1S/C9H7BrClNO/c10-7-5-6(11)1-2-8(7)12-4-3-9(12)13/h1-2,5H,3-4H2. The van der Waals surface area contributed by atoms with Gasteiger partial charge < -0.3 is 4.90 Å². The van der Waals surface area contributed by atoms with Gasteiger partial charge in [-0.15, -0.1) is 0 Å². The molecule has 1 amide bonds. The molecular weight excluding hydrogens is 253 g/mol. The van der Waals surface area contributed by atoms with Crippen molar-refractivity contribution in [3.8, 4) is 0 Å². The second-order valence-electron chi connectivity index (χ2n) is 2.89. The molecule has 1 fully saturated rings. The van der Waals surface area contributed by atoms with Gasteiger partial charge in [-0.3, -0.25) is 4.79 Å². The highest BCUT2D eigenvalue weighted by Crippen LogP contribution is 2.32. The highest BCUT2D eigenvalue weighted by molar-refractivity contribution is 9.10. The van der Waals surface area contributed by atoms with E-state index in [1.165, 1.54) is 0 Å². The molecule has 0 spiro atoms. The molecule has 1 aliphatic rings. The van der Waals surface area contributed by atoms with Crippen molar-refractivity contribution in [2.24, 2.45) is 0 Å². The molecule has 0 bridgehead atoms. The van der Waals surface area contributed by atoms with Gasteiger partial charge in [0.05, 0.1) is 5.69 Å². The monoisotopic (exact) mass is 259 g/mol. The van der Waals surface area contributed by atoms with E-state index in [1.807, 2.05) is 6.07 Å². The number of amides is 1.